The van der Waals surface area contributed by atoms with Crippen molar-refractivity contribution >= 4 is 29.2 Å². The normalized spacial score (nSPS) is 14.3. The topological polar surface area (TPSA) is 82.6 Å². The van der Waals surface area contributed by atoms with Crippen molar-refractivity contribution in [2.24, 2.45) is 0 Å². The molecule has 25 heavy (non-hydrogen) atoms. The van der Waals surface area contributed by atoms with Crippen LogP contribution in [0.2, 0.25) is 5.15 Å². The van der Waals surface area contributed by atoms with Crippen molar-refractivity contribution in [1.29, 1.82) is 5.26 Å². The molecule has 0 aromatic carbocycles. The van der Waals surface area contributed by atoms with Crippen LogP contribution in [-0.2, 0) is 11.2 Å². The Kier molecular flexibility index (Phi) is 5.39. The number of nitriles is 1. The van der Waals surface area contributed by atoms with E-state index in [1.165, 1.54) is 0 Å². The number of pyridine rings is 1. The lowest BCUT2D eigenvalue weighted by atomic mass is 10.0. The molecule has 1 aliphatic heterocycles. The van der Waals surface area contributed by atoms with E-state index in [9.17, 15) is 10.1 Å². The Balaban J connectivity index is 2.13. The highest BCUT2D eigenvalue weighted by Crippen LogP contribution is 2.38. The molecule has 1 saturated heterocycles. The van der Waals surface area contributed by atoms with Crippen LogP contribution in [-0.4, -0.2) is 35.8 Å². The molecule has 1 aromatic rings. The fourth-order valence-corrected chi connectivity index (χ4v) is 2.83. The lowest BCUT2D eigenvalue weighted by Crippen LogP contribution is -2.60. The quantitative estimate of drug-likeness (QED) is 0.658. The van der Waals surface area contributed by atoms with Crippen molar-refractivity contribution in [3.05, 3.63) is 27.7 Å². The average Bonchev–Trinajstić information content (AvgIpc) is 2.47. The van der Waals surface area contributed by atoms with Gasteiger partial charge in [0.25, 0.3) is 0 Å². The minimum absolute atomic E-state index is 0.0882. The standard InChI is InChI=1S/C17H20ClN5O2/c1-6-11-12(7-19)14(18)22-15(13(11)20-5)23-8-10(9-23)21-16(24)25-17(2,3)4/h10H,6,8-9H2,1-4H3,(H,21,24). The van der Waals surface area contributed by atoms with Crippen molar-refractivity contribution in [1.82, 2.24) is 10.3 Å². The molecule has 1 fully saturated rings. The van der Waals surface area contributed by atoms with E-state index in [1.54, 1.807) is 20.8 Å². The van der Waals surface area contributed by atoms with Gasteiger partial charge in [-0.2, -0.15) is 5.26 Å². The molecule has 2 heterocycles. The summed E-state index contributed by atoms with van der Waals surface area (Å²) in [6, 6.07) is 1.93. The van der Waals surface area contributed by atoms with Crippen LogP contribution in [0.25, 0.3) is 4.85 Å². The Morgan fingerprint density at radius 1 is 1.56 bits per heavy atom. The average molecular weight is 362 g/mol. The summed E-state index contributed by atoms with van der Waals surface area (Å²) < 4.78 is 5.23. The minimum Gasteiger partial charge on any atom is -0.444 e. The van der Waals surface area contributed by atoms with E-state index in [2.05, 4.69) is 15.1 Å². The molecular formula is C17H20ClN5O2. The van der Waals surface area contributed by atoms with Crippen LogP contribution in [0.3, 0.4) is 0 Å². The number of rotatable bonds is 3. The summed E-state index contributed by atoms with van der Waals surface area (Å²) in [6.07, 6.45) is 0.0473. The number of nitrogens with zero attached hydrogens (tertiary/aromatic N) is 4. The maximum absolute atomic E-state index is 11.8. The molecular weight excluding hydrogens is 342 g/mol. The molecule has 1 amide bonds. The third kappa shape index (κ3) is 4.12. The first-order valence-electron chi connectivity index (χ1n) is 7.94. The highest BCUT2D eigenvalue weighted by molar-refractivity contribution is 6.31. The fourth-order valence-electron chi connectivity index (χ4n) is 2.59. The molecule has 1 aromatic heterocycles. The molecule has 0 radical (unpaired) electrons. The van der Waals surface area contributed by atoms with Gasteiger partial charge in [-0.05, 0) is 32.8 Å². The minimum atomic E-state index is -0.553. The number of anilines is 1. The second-order valence-electron chi connectivity index (χ2n) is 6.75. The number of amides is 1. The second kappa shape index (κ2) is 7.16. The summed E-state index contributed by atoms with van der Waals surface area (Å²) in [4.78, 5) is 21.4. The van der Waals surface area contributed by atoms with E-state index < -0.39 is 11.7 Å². The van der Waals surface area contributed by atoms with Gasteiger partial charge in [0.1, 0.15) is 22.6 Å². The van der Waals surface area contributed by atoms with E-state index in [-0.39, 0.29) is 16.8 Å². The monoisotopic (exact) mass is 361 g/mol. The molecule has 0 unspecified atom stereocenters. The molecule has 2 rings (SSSR count). The van der Waals surface area contributed by atoms with Crippen molar-refractivity contribution < 1.29 is 9.53 Å². The van der Waals surface area contributed by atoms with Crippen LogP contribution in [0, 0.1) is 17.9 Å². The number of carbonyl (C=O) groups excluding carboxylic acids is 1. The van der Waals surface area contributed by atoms with E-state index in [0.717, 1.165) is 0 Å². The Morgan fingerprint density at radius 3 is 2.68 bits per heavy atom. The van der Waals surface area contributed by atoms with Gasteiger partial charge in [0, 0.05) is 13.1 Å². The summed E-state index contributed by atoms with van der Waals surface area (Å²) in [6.45, 7) is 15.7. The van der Waals surface area contributed by atoms with Crippen molar-refractivity contribution in [3.8, 4) is 6.07 Å². The van der Waals surface area contributed by atoms with Gasteiger partial charge in [-0.25, -0.2) is 14.6 Å². The Labute approximate surface area is 152 Å². The van der Waals surface area contributed by atoms with Crippen molar-refractivity contribution in [2.75, 3.05) is 18.0 Å². The highest BCUT2D eigenvalue weighted by Gasteiger charge is 2.33. The summed E-state index contributed by atoms with van der Waals surface area (Å²) >= 11 is 6.11. The molecule has 0 atom stereocenters. The molecule has 7 nitrogen and oxygen atoms in total. The Morgan fingerprint density at radius 2 is 2.20 bits per heavy atom. The van der Waals surface area contributed by atoms with Gasteiger partial charge in [-0.3, -0.25) is 0 Å². The Bertz CT molecular complexity index is 767. The van der Waals surface area contributed by atoms with Crippen LogP contribution in [0.4, 0.5) is 16.3 Å². The zero-order valence-corrected chi connectivity index (χ0v) is 15.4. The van der Waals surface area contributed by atoms with Gasteiger partial charge in [0.05, 0.1) is 18.2 Å². The first kappa shape index (κ1) is 18.8. The van der Waals surface area contributed by atoms with E-state index in [1.807, 2.05) is 17.9 Å². The first-order chi connectivity index (χ1) is 11.7. The summed E-state index contributed by atoms with van der Waals surface area (Å²) in [5.41, 5.74) is 0.654. The molecule has 8 heteroatoms. The maximum atomic E-state index is 11.8. The molecule has 0 bridgehead atoms. The zero-order chi connectivity index (χ0) is 18.8. The van der Waals surface area contributed by atoms with Gasteiger partial charge in [-0.1, -0.05) is 18.5 Å². The number of carbonyl (C=O) groups is 1. The third-order valence-electron chi connectivity index (χ3n) is 3.69. The van der Waals surface area contributed by atoms with Crippen LogP contribution in [0.5, 0.6) is 0 Å². The van der Waals surface area contributed by atoms with E-state index in [4.69, 9.17) is 22.9 Å². The third-order valence-corrected chi connectivity index (χ3v) is 3.96. The van der Waals surface area contributed by atoms with Crippen molar-refractivity contribution in [2.45, 2.75) is 45.8 Å². The lowest BCUT2D eigenvalue weighted by molar-refractivity contribution is 0.0496. The maximum Gasteiger partial charge on any atom is 0.407 e. The number of hydrogen-bond acceptors (Lipinski definition) is 5. The Hall–Kier alpha value is -2.51. The molecule has 1 aliphatic rings. The number of nitrogens with one attached hydrogen (secondary N) is 1. The van der Waals surface area contributed by atoms with Gasteiger partial charge in [0.15, 0.2) is 0 Å². The summed E-state index contributed by atoms with van der Waals surface area (Å²) in [5, 5.41) is 12.1. The lowest BCUT2D eigenvalue weighted by Gasteiger charge is -2.41. The number of hydrogen-bond donors (Lipinski definition) is 1. The highest BCUT2D eigenvalue weighted by atomic mass is 35.5. The van der Waals surface area contributed by atoms with Gasteiger partial charge >= 0.3 is 6.09 Å². The number of halogens is 1. The van der Waals surface area contributed by atoms with Crippen LogP contribution >= 0.6 is 11.6 Å². The van der Waals surface area contributed by atoms with Crippen molar-refractivity contribution in [3.63, 3.8) is 0 Å². The molecule has 0 saturated carbocycles. The summed E-state index contributed by atoms with van der Waals surface area (Å²) in [7, 11) is 0. The molecule has 1 N–H and O–H groups in total. The number of aromatic nitrogens is 1. The smallest absolute Gasteiger partial charge is 0.407 e. The number of alkyl carbamates (subject to hydrolysis) is 1. The second-order valence-corrected chi connectivity index (χ2v) is 7.11. The molecule has 0 aliphatic carbocycles. The largest absolute Gasteiger partial charge is 0.444 e. The van der Waals surface area contributed by atoms with E-state index >= 15 is 0 Å². The molecule has 132 valence electrons. The van der Waals surface area contributed by atoms with Gasteiger partial charge in [-0.15, -0.1) is 0 Å². The van der Waals surface area contributed by atoms with Crippen LogP contribution in [0.1, 0.15) is 38.8 Å². The van der Waals surface area contributed by atoms with Gasteiger partial charge < -0.3 is 15.0 Å². The fraction of sp³-hybridized carbons (Fsp3) is 0.529. The predicted molar refractivity (Wildman–Crippen MR) is 95.0 cm³/mol. The molecule has 0 spiro atoms. The zero-order valence-electron chi connectivity index (χ0n) is 14.7. The SMILES string of the molecule is [C-]#[N+]c1c(N2CC(NC(=O)OC(C)(C)C)C2)nc(Cl)c(C#N)c1CC. The summed E-state index contributed by atoms with van der Waals surface area (Å²) in [5.74, 6) is 0.457. The number of ether oxygens (including phenoxy) is 1. The van der Waals surface area contributed by atoms with Crippen LogP contribution in [0.15, 0.2) is 0 Å². The predicted octanol–water partition coefficient (Wildman–Crippen LogP) is 3.43. The van der Waals surface area contributed by atoms with Gasteiger partial charge in [0.2, 0.25) is 5.69 Å². The van der Waals surface area contributed by atoms with E-state index in [0.29, 0.717) is 36.6 Å². The van der Waals surface area contributed by atoms with Crippen LogP contribution < -0.4 is 10.2 Å². The first-order valence-corrected chi connectivity index (χ1v) is 8.32.